The zero-order valence-electron chi connectivity index (χ0n) is 17.8. The maximum absolute atomic E-state index is 6.02. The normalized spacial score (nSPS) is 17.3. The lowest BCUT2D eigenvalue weighted by Crippen LogP contribution is -2.41. The predicted octanol–water partition coefficient (Wildman–Crippen LogP) is 6.93. The largest absolute Gasteiger partial charge is 0.464 e. The zero-order valence-corrected chi connectivity index (χ0v) is 19.4. The Bertz CT molecular complexity index is 1130. The van der Waals surface area contributed by atoms with Crippen LogP contribution in [0, 0.1) is 0 Å². The maximum Gasteiger partial charge on any atom is 0.462 e. The van der Waals surface area contributed by atoms with E-state index in [0.717, 1.165) is 27.4 Å². The first-order valence-electron chi connectivity index (χ1n) is 10.1. The van der Waals surface area contributed by atoms with Gasteiger partial charge in [-0.25, -0.2) is 0 Å². The van der Waals surface area contributed by atoms with Gasteiger partial charge in [-0.05, 0) is 45.4 Å². The number of benzene rings is 2. The van der Waals surface area contributed by atoms with Crippen molar-refractivity contribution in [3.63, 3.8) is 0 Å². The van der Waals surface area contributed by atoms with E-state index in [1.165, 1.54) is 10.9 Å². The zero-order chi connectivity index (χ0) is 21.4. The van der Waals surface area contributed by atoms with Gasteiger partial charge in [-0.3, -0.25) is 0 Å². The van der Waals surface area contributed by atoms with Crippen LogP contribution < -0.4 is 0 Å². The van der Waals surface area contributed by atoms with Crippen molar-refractivity contribution in [3.8, 4) is 0 Å². The van der Waals surface area contributed by atoms with Crippen molar-refractivity contribution in [1.29, 1.82) is 0 Å². The molecule has 4 nitrogen and oxygen atoms in total. The quantitative estimate of drug-likeness (QED) is 0.241. The molecule has 1 saturated heterocycles. The van der Waals surface area contributed by atoms with E-state index in [-0.39, 0.29) is 18.3 Å². The molecule has 0 atom stereocenters. The summed E-state index contributed by atoms with van der Waals surface area (Å²) >= 11 is 3.40. The molecule has 0 bridgehead atoms. The second-order valence-corrected chi connectivity index (χ2v) is 9.10. The van der Waals surface area contributed by atoms with Gasteiger partial charge in [-0.2, -0.15) is 0 Å². The summed E-state index contributed by atoms with van der Waals surface area (Å²) < 4.78 is 22.9. The fourth-order valence-electron chi connectivity index (χ4n) is 3.56. The highest BCUT2D eigenvalue weighted by molar-refractivity contribution is 9.08. The van der Waals surface area contributed by atoms with Gasteiger partial charge >= 0.3 is 7.12 Å². The monoisotopic (exact) mass is 468 g/mol. The standard InChI is InChI=1S/C15H19BO3.C9H7BrO/c1-14(2)15(3,4)19-16(18-14)9-11-10-17-13-8-6-5-7-12(11)13;10-5-7-6-11-9-4-2-1-3-8(7)9/h5-8,10H,9H2,1-4H3;1-4,6H,5H2. The predicted molar refractivity (Wildman–Crippen MR) is 125 cm³/mol. The van der Waals surface area contributed by atoms with Crippen LogP contribution in [0.4, 0.5) is 0 Å². The second-order valence-electron chi connectivity index (χ2n) is 8.54. The Balaban J connectivity index is 0.000000168. The smallest absolute Gasteiger partial charge is 0.462 e. The lowest BCUT2D eigenvalue weighted by Gasteiger charge is -2.32. The fourth-order valence-corrected chi connectivity index (χ4v) is 3.99. The summed E-state index contributed by atoms with van der Waals surface area (Å²) in [7, 11) is -0.217. The highest BCUT2D eigenvalue weighted by Gasteiger charge is 2.50. The molecule has 4 aromatic rings. The van der Waals surface area contributed by atoms with Crippen LogP contribution in [0.5, 0.6) is 0 Å². The molecule has 1 aliphatic heterocycles. The topological polar surface area (TPSA) is 44.7 Å². The maximum atomic E-state index is 6.02. The van der Waals surface area contributed by atoms with E-state index < -0.39 is 0 Å². The molecule has 30 heavy (non-hydrogen) atoms. The first-order chi connectivity index (χ1) is 14.3. The van der Waals surface area contributed by atoms with E-state index >= 15 is 0 Å². The first kappa shape index (κ1) is 21.2. The third-order valence-electron chi connectivity index (χ3n) is 5.95. The van der Waals surface area contributed by atoms with Crippen molar-refractivity contribution in [2.45, 2.75) is 50.5 Å². The van der Waals surface area contributed by atoms with E-state index in [2.05, 4.69) is 55.8 Å². The molecule has 3 heterocycles. The Labute approximate surface area is 185 Å². The van der Waals surface area contributed by atoms with E-state index in [1.54, 1.807) is 12.5 Å². The number of hydrogen-bond donors (Lipinski definition) is 0. The van der Waals surface area contributed by atoms with Crippen LogP contribution in [0.15, 0.2) is 69.9 Å². The summed E-state index contributed by atoms with van der Waals surface area (Å²) in [6, 6.07) is 16.1. The van der Waals surface area contributed by atoms with Gasteiger partial charge in [0, 0.05) is 28.0 Å². The summed E-state index contributed by atoms with van der Waals surface area (Å²) in [5, 5.41) is 3.19. The van der Waals surface area contributed by atoms with Crippen LogP contribution in [0.25, 0.3) is 21.9 Å². The van der Waals surface area contributed by atoms with Crippen molar-refractivity contribution >= 4 is 45.0 Å². The molecule has 0 aliphatic carbocycles. The molecule has 0 N–H and O–H groups in total. The van der Waals surface area contributed by atoms with Crippen LogP contribution in [0.2, 0.25) is 0 Å². The van der Waals surface area contributed by atoms with Crippen molar-refractivity contribution in [3.05, 3.63) is 72.2 Å². The summed E-state index contributed by atoms with van der Waals surface area (Å²) in [6.45, 7) is 8.28. The van der Waals surface area contributed by atoms with Gasteiger partial charge in [-0.15, -0.1) is 0 Å². The van der Waals surface area contributed by atoms with Crippen LogP contribution in [-0.4, -0.2) is 18.3 Å². The lowest BCUT2D eigenvalue weighted by atomic mass is 9.81. The van der Waals surface area contributed by atoms with Gasteiger partial charge < -0.3 is 18.1 Å². The van der Waals surface area contributed by atoms with Gasteiger partial charge in [0.05, 0.1) is 23.7 Å². The van der Waals surface area contributed by atoms with Crippen molar-refractivity contribution in [1.82, 2.24) is 0 Å². The summed E-state index contributed by atoms with van der Waals surface area (Å²) in [4.78, 5) is 0. The molecule has 5 rings (SSSR count). The molecular formula is C24H26BBrO4. The van der Waals surface area contributed by atoms with Gasteiger partial charge in [-0.1, -0.05) is 52.3 Å². The molecule has 2 aromatic carbocycles. The fraction of sp³-hybridized carbons (Fsp3) is 0.333. The van der Waals surface area contributed by atoms with E-state index in [9.17, 15) is 0 Å². The number of halogens is 1. The van der Waals surface area contributed by atoms with E-state index in [4.69, 9.17) is 18.1 Å². The van der Waals surface area contributed by atoms with Gasteiger partial charge in [0.1, 0.15) is 11.2 Å². The van der Waals surface area contributed by atoms with Crippen LogP contribution in [-0.2, 0) is 21.0 Å². The number of para-hydroxylation sites is 2. The molecule has 1 aliphatic rings. The third-order valence-corrected chi connectivity index (χ3v) is 6.56. The Morgan fingerprint density at radius 3 is 1.73 bits per heavy atom. The minimum absolute atomic E-state index is 0.217. The van der Waals surface area contributed by atoms with Crippen molar-refractivity contribution < 1.29 is 18.1 Å². The number of hydrogen-bond acceptors (Lipinski definition) is 4. The second kappa shape index (κ2) is 8.25. The molecule has 0 unspecified atom stereocenters. The molecule has 0 amide bonds. The molecular weight excluding hydrogens is 443 g/mol. The van der Waals surface area contributed by atoms with Crippen molar-refractivity contribution in [2.75, 3.05) is 0 Å². The van der Waals surface area contributed by atoms with Crippen LogP contribution >= 0.6 is 15.9 Å². The van der Waals surface area contributed by atoms with Crippen LogP contribution in [0.1, 0.15) is 38.8 Å². The lowest BCUT2D eigenvalue weighted by molar-refractivity contribution is 0.00578. The van der Waals surface area contributed by atoms with Gasteiger partial charge in [0.2, 0.25) is 0 Å². The molecule has 156 valence electrons. The van der Waals surface area contributed by atoms with E-state index in [1.807, 2.05) is 36.4 Å². The molecule has 0 radical (unpaired) electrons. The minimum atomic E-state index is -0.281. The Morgan fingerprint density at radius 1 is 0.733 bits per heavy atom. The SMILES string of the molecule is BrCc1coc2ccccc12.CC1(C)OB(Cc2coc3ccccc23)OC1(C)C. The number of furan rings is 2. The molecule has 6 heteroatoms. The number of alkyl halides is 1. The minimum Gasteiger partial charge on any atom is -0.464 e. The molecule has 2 aromatic heterocycles. The average Bonchev–Trinajstić information content (AvgIpc) is 3.37. The summed E-state index contributed by atoms with van der Waals surface area (Å²) in [5.74, 6) is 0. The van der Waals surface area contributed by atoms with Crippen LogP contribution in [0.3, 0.4) is 0 Å². The number of fused-ring (bicyclic) bond motifs is 2. The summed E-state index contributed by atoms with van der Waals surface area (Å²) in [5.41, 5.74) is 3.65. The average molecular weight is 469 g/mol. The number of rotatable bonds is 3. The molecule has 0 saturated carbocycles. The van der Waals surface area contributed by atoms with E-state index in [0.29, 0.717) is 6.32 Å². The van der Waals surface area contributed by atoms with Gasteiger partial charge in [0.25, 0.3) is 0 Å². The Morgan fingerprint density at radius 2 is 1.20 bits per heavy atom. The third kappa shape index (κ3) is 4.09. The molecule has 1 fully saturated rings. The van der Waals surface area contributed by atoms with Gasteiger partial charge in [0.15, 0.2) is 0 Å². The summed E-state index contributed by atoms with van der Waals surface area (Å²) in [6.07, 6.45) is 4.30. The highest BCUT2D eigenvalue weighted by Crippen LogP contribution is 2.38. The first-order valence-corrected chi connectivity index (χ1v) is 11.2. The Kier molecular flexibility index (Phi) is 5.84. The highest BCUT2D eigenvalue weighted by atomic mass is 79.9. The Hall–Kier alpha value is -2.02. The molecule has 0 spiro atoms. The van der Waals surface area contributed by atoms with Crippen molar-refractivity contribution in [2.24, 2.45) is 0 Å².